The van der Waals surface area contributed by atoms with E-state index in [9.17, 15) is 14.4 Å². The second-order valence-electron chi connectivity index (χ2n) is 9.45. The number of rotatable bonds is 10. The molecule has 3 amide bonds. The lowest BCUT2D eigenvalue weighted by molar-refractivity contribution is -0.143. The van der Waals surface area contributed by atoms with Gasteiger partial charge in [0.15, 0.2) is 0 Å². The summed E-state index contributed by atoms with van der Waals surface area (Å²) >= 11 is 0. The highest BCUT2D eigenvalue weighted by Crippen LogP contribution is 2.41. The predicted molar refractivity (Wildman–Crippen MR) is 135 cm³/mol. The Labute approximate surface area is 207 Å². The van der Waals surface area contributed by atoms with E-state index in [1.807, 2.05) is 53.4 Å². The molecule has 2 aliphatic rings. The number of methoxy groups -OCH3 is 1. The first-order valence-corrected chi connectivity index (χ1v) is 12.6. The Hall–Kier alpha value is -3.35. The van der Waals surface area contributed by atoms with Crippen LogP contribution in [0.15, 0.2) is 48.5 Å². The van der Waals surface area contributed by atoms with Crippen LogP contribution in [-0.4, -0.2) is 36.3 Å². The number of hydrogen-bond acceptors (Lipinski definition) is 4. The molecule has 0 spiro atoms. The number of carbonyl (C=O) groups excluding carboxylic acids is 3. The number of ether oxygens (including phenoxy) is 1. The summed E-state index contributed by atoms with van der Waals surface area (Å²) in [6.07, 6.45) is 4.65. The number of amides is 3. The number of carbonyl (C=O) groups is 3. The summed E-state index contributed by atoms with van der Waals surface area (Å²) in [6.45, 7) is 3.10. The van der Waals surface area contributed by atoms with Gasteiger partial charge in [0, 0.05) is 36.7 Å². The van der Waals surface area contributed by atoms with E-state index in [0.29, 0.717) is 31.7 Å². The number of unbranched alkanes of at least 4 members (excludes halogenated alkanes) is 1. The highest BCUT2D eigenvalue weighted by Gasteiger charge is 2.41. The topological polar surface area (TPSA) is 87.7 Å². The van der Waals surface area contributed by atoms with Crippen LogP contribution in [-0.2, 0) is 20.9 Å². The second-order valence-corrected chi connectivity index (χ2v) is 9.45. The molecule has 2 atom stereocenters. The van der Waals surface area contributed by atoms with Crippen molar-refractivity contribution in [1.29, 1.82) is 0 Å². The van der Waals surface area contributed by atoms with Crippen LogP contribution in [0.1, 0.15) is 62.6 Å². The maximum Gasteiger partial charge on any atom is 0.227 e. The van der Waals surface area contributed by atoms with Gasteiger partial charge in [0.1, 0.15) is 5.75 Å². The third-order valence-electron chi connectivity index (χ3n) is 6.89. The molecule has 2 aromatic carbocycles. The van der Waals surface area contributed by atoms with E-state index in [1.165, 1.54) is 0 Å². The van der Waals surface area contributed by atoms with Gasteiger partial charge in [-0.1, -0.05) is 43.7 Å². The SMILES string of the molecule is CCCCN1C(=O)CCC(C(=O)NCc2ccc(NC(=O)C3CC3)cc2)C1c1ccccc1OC. The average molecular weight is 478 g/mol. The van der Waals surface area contributed by atoms with Gasteiger partial charge in [0.25, 0.3) is 0 Å². The van der Waals surface area contributed by atoms with Crippen molar-refractivity contribution in [3.8, 4) is 5.75 Å². The molecule has 2 unspecified atom stereocenters. The van der Waals surface area contributed by atoms with Crippen LogP contribution < -0.4 is 15.4 Å². The zero-order valence-corrected chi connectivity index (χ0v) is 20.6. The van der Waals surface area contributed by atoms with E-state index < -0.39 is 0 Å². The van der Waals surface area contributed by atoms with Gasteiger partial charge in [-0.3, -0.25) is 14.4 Å². The summed E-state index contributed by atoms with van der Waals surface area (Å²) in [4.78, 5) is 40.2. The molecule has 35 heavy (non-hydrogen) atoms. The largest absolute Gasteiger partial charge is 0.496 e. The Balaban J connectivity index is 1.47. The zero-order chi connectivity index (χ0) is 24.8. The number of anilines is 1. The normalized spacial score (nSPS) is 19.8. The molecule has 1 saturated carbocycles. The lowest BCUT2D eigenvalue weighted by atomic mass is 9.83. The van der Waals surface area contributed by atoms with Crippen molar-refractivity contribution in [2.24, 2.45) is 11.8 Å². The number of hydrogen-bond donors (Lipinski definition) is 2. The van der Waals surface area contributed by atoms with Crippen LogP contribution in [0.2, 0.25) is 0 Å². The van der Waals surface area contributed by atoms with Crippen molar-refractivity contribution < 1.29 is 19.1 Å². The Morgan fingerprint density at radius 1 is 1.03 bits per heavy atom. The van der Waals surface area contributed by atoms with Crippen molar-refractivity contribution in [2.75, 3.05) is 19.0 Å². The summed E-state index contributed by atoms with van der Waals surface area (Å²) in [6, 6.07) is 14.9. The lowest BCUT2D eigenvalue weighted by Gasteiger charge is -2.41. The second kappa shape index (κ2) is 11.4. The van der Waals surface area contributed by atoms with E-state index in [2.05, 4.69) is 17.6 Å². The van der Waals surface area contributed by atoms with Gasteiger partial charge >= 0.3 is 0 Å². The molecule has 1 heterocycles. The van der Waals surface area contributed by atoms with E-state index in [0.717, 1.165) is 42.5 Å². The van der Waals surface area contributed by atoms with Crippen LogP contribution in [0.3, 0.4) is 0 Å². The van der Waals surface area contributed by atoms with Crippen LogP contribution in [0, 0.1) is 11.8 Å². The van der Waals surface area contributed by atoms with Crippen LogP contribution >= 0.6 is 0 Å². The van der Waals surface area contributed by atoms with Crippen LogP contribution in [0.5, 0.6) is 5.75 Å². The molecule has 4 rings (SSSR count). The fourth-order valence-corrected chi connectivity index (χ4v) is 4.73. The first-order chi connectivity index (χ1) is 17.0. The average Bonchev–Trinajstić information content (AvgIpc) is 3.73. The summed E-state index contributed by atoms with van der Waals surface area (Å²) in [7, 11) is 1.62. The molecular formula is C28H35N3O4. The van der Waals surface area contributed by atoms with E-state index in [1.54, 1.807) is 7.11 Å². The molecule has 7 heteroatoms. The number of piperidine rings is 1. The highest BCUT2D eigenvalue weighted by atomic mass is 16.5. The molecule has 2 N–H and O–H groups in total. The van der Waals surface area contributed by atoms with Crippen LogP contribution in [0.4, 0.5) is 5.69 Å². The minimum atomic E-state index is -0.363. The Morgan fingerprint density at radius 3 is 2.46 bits per heavy atom. The summed E-state index contributed by atoms with van der Waals surface area (Å²) < 4.78 is 5.60. The number of nitrogens with zero attached hydrogens (tertiary/aromatic N) is 1. The number of para-hydroxylation sites is 1. The molecule has 7 nitrogen and oxygen atoms in total. The first kappa shape index (κ1) is 24.8. The molecule has 0 bridgehead atoms. The molecule has 0 aromatic heterocycles. The minimum Gasteiger partial charge on any atom is -0.496 e. The molecular weight excluding hydrogens is 442 g/mol. The Morgan fingerprint density at radius 2 is 1.77 bits per heavy atom. The minimum absolute atomic E-state index is 0.0685. The summed E-state index contributed by atoms with van der Waals surface area (Å²) in [5.74, 6) is 0.578. The zero-order valence-electron chi connectivity index (χ0n) is 20.6. The van der Waals surface area contributed by atoms with Gasteiger partial charge in [-0.05, 0) is 49.4 Å². The molecule has 1 aliphatic carbocycles. The number of likely N-dealkylation sites (tertiary alicyclic amines) is 1. The molecule has 1 saturated heterocycles. The summed E-state index contributed by atoms with van der Waals surface area (Å²) in [5.41, 5.74) is 2.59. The van der Waals surface area contributed by atoms with E-state index in [4.69, 9.17) is 4.74 Å². The van der Waals surface area contributed by atoms with E-state index >= 15 is 0 Å². The van der Waals surface area contributed by atoms with Crippen molar-refractivity contribution in [1.82, 2.24) is 10.2 Å². The molecule has 2 fully saturated rings. The third-order valence-corrected chi connectivity index (χ3v) is 6.89. The fraction of sp³-hybridized carbons (Fsp3) is 0.464. The van der Waals surface area contributed by atoms with Crippen molar-refractivity contribution in [3.63, 3.8) is 0 Å². The van der Waals surface area contributed by atoms with Gasteiger partial charge in [-0.2, -0.15) is 0 Å². The van der Waals surface area contributed by atoms with Gasteiger partial charge < -0.3 is 20.3 Å². The summed E-state index contributed by atoms with van der Waals surface area (Å²) in [5, 5.41) is 6.01. The molecule has 1 aliphatic heterocycles. The maximum absolute atomic E-state index is 13.4. The predicted octanol–water partition coefficient (Wildman–Crippen LogP) is 4.44. The number of nitrogens with one attached hydrogen (secondary N) is 2. The highest BCUT2D eigenvalue weighted by molar-refractivity contribution is 5.94. The van der Waals surface area contributed by atoms with E-state index in [-0.39, 0.29) is 35.6 Å². The monoisotopic (exact) mass is 477 g/mol. The lowest BCUT2D eigenvalue weighted by Crippen LogP contribution is -2.48. The maximum atomic E-state index is 13.4. The standard InChI is InChI=1S/C28H35N3O4/c1-3-4-17-31-25(32)16-15-23(26(31)22-7-5-6-8-24(22)35-2)28(34)29-18-19-9-13-21(14-10-19)30-27(33)20-11-12-20/h5-10,13-14,20,23,26H,3-4,11-12,15-18H2,1-2H3,(H,29,34)(H,30,33). The van der Waals surface area contributed by atoms with Crippen molar-refractivity contribution >= 4 is 23.4 Å². The van der Waals surface area contributed by atoms with Crippen molar-refractivity contribution in [3.05, 3.63) is 59.7 Å². The van der Waals surface area contributed by atoms with Gasteiger partial charge in [-0.25, -0.2) is 0 Å². The van der Waals surface area contributed by atoms with Crippen LogP contribution in [0.25, 0.3) is 0 Å². The number of benzene rings is 2. The van der Waals surface area contributed by atoms with Crippen molar-refractivity contribution in [2.45, 2.75) is 58.0 Å². The third kappa shape index (κ3) is 6.02. The van der Waals surface area contributed by atoms with Gasteiger partial charge in [-0.15, -0.1) is 0 Å². The Kier molecular flexibility index (Phi) is 8.06. The molecule has 2 aromatic rings. The van der Waals surface area contributed by atoms with Gasteiger partial charge in [0.2, 0.25) is 17.7 Å². The molecule has 0 radical (unpaired) electrons. The fourth-order valence-electron chi connectivity index (χ4n) is 4.73. The smallest absolute Gasteiger partial charge is 0.227 e. The Bertz CT molecular complexity index is 1050. The first-order valence-electron chi connectivity index (χ1n) is 12.6. The quantitative estimate of drug-likeness (QED) is 0.530. The van der Waals surface area contributed by atoms with Gasteiger partial charge in [0.05, 0.1) is 19.1 Å². The molecule has 186 valence electrons.